The van der Waals surface area contributed by atoms with Gasteiger partial charge in [0.2, 0.25) is 5.91 Å². The van der Waals surface area contributed by atoms with Crippen LogP contribution in [0.2, 0.25) is 0 Å². The second-order valence-electron chi connectivity index (χ2n) is 6.08. The van der Waals surface area contributed by atoms with E-state index in [0.717, 1.165) is 17.7 Å². The number of benzene rings is 2. The van der Waals surface area contributed by atoms with Crippen LogP contribution < -0.4 is 15.8 Å². The smallest absolute Gasteiger partial charge is 0.234 e. The lowest BCUT2D eigenvalue weighted by Crippen LogP contribution is -2.40. The summed E-state index contributed by atoms with van der Waals surface area (Å²) in [6.07, 6.45) is 1.04. The molecule has 3 unspecified atom stereocenters. The molecule has 1 aliphatic rings. The minimum absolute atomic E-state index is 0.279. The van der Waals surface area contributed by atoms with Gasteiger partial charge in [-0.05, 0) is 36.6 Å². The molecule has 0 radical (unpaired) electrons. The normalized spacial score (nSPS) is 20.7. The first-order chi connectivity index (χ1) is 11.1. The first-order valence-electron chi connectivity index (χ1n) is 7.95. The van der Waals surface area contributed by atoms with Gasteiger partial charge in [-0.25, -0.2) is 0 Å². The highest BCUT2D eigenvalue weighted by Gasteiger charge is 2.39. The van der Waals surface area contributed by atoms with Crippen LogP contribution in [0.5, 0.6) is 5.75 Å². The van der Waals surface area contributed by atoms with Crippen LogP contribution in [0.3, 0.4) is 0 Å². The molecule has 3 rings (SSSR count). The van der Waals surface area contributed by atoms with Crippen LogP contribution in [-0.4, -0.2) is 18.0 Å². The summed E-state index contributed by atoms with van der Waals surface area (Å²) < 4.78 is 5.79. The number of carbonyl (C=O) groups excluding carboxylic acids is 1. The van der Waals surface area contributed by atoms with E-state index in [0.29, 0.717) is 18.6 Å². The summed E-state index contributed by atoms with van der Waals surface area (Å²) in [4.78, 5) is 11.1. The SMILES string of the molecule is CC(NC1CC1c1ccc(OCc2ccccc2)cc1)C(N)=O. The minimum Gasteiger partial charge on any atom is -0.489 e. The number of amides is 1. The highest BCUT2D eigenvalue weighted by atomic mass is 16.5. The topological polar surface area (TPSA) is 64.3 Å². The van der Waals surface area contributed by atoms with Gasteiger partial charge < -0.3 is 15.8 Å². The summed E-state index contributed by atoms with van der Waals surface area (Å²) in [5, 5.41) is 3.26. The summed E-state index contributed by atoms with van der Waals surface area (Å²) >= 11 is 0. The number of nitrogens with two attached hydrogens (primary N) is 1. The van der Waals surface area contributed by atoms with Crippen LogP contribution in [-0.2, 0) is 11.4 Å². The van der Waals surface area contributed by atoms with Gasteiger partial charge in [-0.15, -0.1) is 0 Å². The fourth-order valence-electron chi connectivity index (χ4n) is 2.70. The number of rotatable bonds is 7. The van der Waals surface area contributed by atoms with Crippen molar-refractivity contribution in [3.8, 4) is 5.75 Å². The van der Waals surface area contributed by atoms with Gasteiger partial charge in [-0.1, -0.05) is 42.5 Å². The third kappa shape index (κ3) is 4.11. The van der Waals surface area contributed by atoms with E-state index >= 15 is 0 Å². The third-order valence-electron chi connectivity index (χ3n) is 4.24. The number of ether oxygens (including phenoxy) is 1. The van der Waals surface area contributed by atoms with E-state index in [1.807, 2.05) is 30.3 Å². The molecule has 2 aromatic carbocycles. The van der Waals surface area contributed by atoms with Crippen molar-refractivity contribution in [3.05, 3.63) is 65.7 Å². The van der Waals surface area contributed by atoms with Gasteiger partial charge in [-0.3, -0.25) is 4.79 Å². The van der Waals surface area contributed by atoms with Crippen molar-refractivity contribution < 1.29 is 9.53 Å². The van der Waals surface area contributed by atoms with Crippen LogP contribution >= 0.6 is 0 Å². The maximum Gasteiger partial charge on any atom is 0.234 e. The lowest BCUT2D eigenvalue weighted by atomic mass is 10.1. The maximum absolute atomic E-state index is 11.1. The molecule has 0 bridgehead atoms. The molecule has 1 fully saturated rings. The lowest BCUT2D eigenvalue weighted by molar-refractivity contribution is -0.119. The van der Waals surface area contributed by atoms with Gasteiger partial charge in [0.25, 0.3) is 0 Å². The second-order valence-corrected chi connectivity index (χ2v) is 6.08. The van der Waals surface area contributed by atoms with Crippen molar-refractivity contribution in [1.29, 1.82) is 0 Å². The van der Waals surface area contributed by atoms with E-state index in [9.17, 15) is 4.79 Å². The van der Waals surface area contributed by atoms with Gasteiger partial charge in [0, 0.05) is 12.0 Å². The molecule has 23 heavy (non-hydrogen) atoms. The first-order valence-corrected chi connectivity index (χ1v) is 7.95. The van der Waals surface area contributed by atoms with Crippen molar-refractivity contribution >= 4 is 5.91 Å². The predicted octanol–water partition coefficient (Wildman–Crippen LogP) is 2.58. The molecule has 2 aromatic rings. The molecule has 3 N–H and O–H groups in total. The van der Waals surface area contributed by atoms with Crippen LogP contribution in [0.4, 0.5) is 0 Å². The molecule has 1 amide bonds. The van der Waals surface area contributed by atoms with Crippen molar-refractivity contribution in [2.75, 3.05) is 0 Å². The van der Waals surface area contributed by atoms with Crippen molar-refractivity contribution in [1.82, 2.24) is 5.32 Å². The lowest BCUT2D eigenvalue weighted by Gasteiger charge is -2.10. The number of carbonyl (C=O) groups is 1. The van der Waals surface area contributed by atoms with Gasteiger partial charge in [0.1, 0.15) is 12.4 Å². The fraction of sp³-hybridized carbons (Fsp3) is 0.316. The van der Waals surface area contributed by atoms with E-state index in [1.54, 1.807) is 6.92 Å². The highest BCUT2D eigenvalue weighted by Crippen LogP contribution is 2.41. The van der Waals surface area contributed by atoms with Crippen LogP contribution in [0, 0.1) is 0 Å². The predicted molar refractivity (Wildman–Crippen MR) is 90.2 cm³/mol. The number of hydrogen-bond acceptors (Lipinski definition) is 3. The van der Waals surface area contributed by atoms with E-state index in [2.05, 4.69) is 29.6 Å². The van der Waals surface area contributed by atoms with Crippen molar-refractivity contribution in [2.45, 2.75) is 38.0 Å². The Balaban J connectivity index is 1.51. The molecule has 0 aromatic heterocycles. The zero-order valence-corrected chi connectivity index (χ0v) is 13.2. The summed E-state index contributed by atoms with van der Waals surface area (Å²) in [6.45, 7) is 2.38. The molecule has 1 aliphatic carbocycles. The molecule has 0 heterocycles. The molecule has 4 heteroatoms. The molecule has 1 saturated carbocycles. The molecule has 0 aliphatic heterocycles. The Labute approximate surface area is 136 Å². The quantitative estimate of drug-likeness (QED) is 0.826. The number of hydrogen-bond donors (Lipinski definition) is 2. The molecular weight excluding hydrogens is 288 g/mol. The monoisotopic (exact) mass is 310 g/mol. The Morgan fingerprint density at radius 1 is 1.22 bits per heavy atom. The first kappa shape index (κ1) is 15.6. The Morgan fingerprint density at radius 2 is 1.91 bits per heavy atom. The van der Waals surface area contributed by atoms with Crippen molar-refractivity contribution in [3.63, 3.8) is 0 Å². The molecule has 3 atom stereocenters. The van der Waals surface area contributed by atoms with Gasteiger partial charge in [0.05, 0.1) is 6.04 Å². The number of primary amides is 1. The Hall–Kier alpha value is -2.33. The standard InChI is InChI=1S/C19H22N2O2/c1-13(19(20)22)21-18-11-17(18)15-7-9-16(10-8-15)23-12-14-5-3-2-4-6-14/h2-10,13,17-18,21H,11-12H2,1H3,(H2,20,22). The Kier molecular flexibility index (Phi) is 4.63. The summed E-state index contributed by atoms with van der Waals surface area (Å²) in [6, 6.07) is 18.4. The molecule has 120 valence electrons. The van der Waals surface area contributed by atoms with Gasteiger partial charge in [-0.2, -0.15) is 0 Å². The second kappa shape index (κ2) is 6.84. The zero-order chi connectivity index (χ0) is 16.2. The molecule has 0 spiro atoms. The van der Waals surface area contributed by atoms with Crippen LogP contribution in [0.1, 0.15) is 30.4 Å². The Morgan fingerprint density at radius 3 is 2.57 bits per heavy atom. The van der Waals surface area contributed by atoms with Gasteiger partial charge in [0.15, 0.2) is 0 Å². The highest BCUT2D eigenvalue weighted by molar-refractivity contribution is 5.79. The summed E-state index contributed by atoms with van der Waals surface area (Å²) in [5.74, 6) is 1.02. The number of nitrogens with one attached hydrogen (secondary N) is 1. The summed E-state index contributed by atoms with van der Waals surface area (Å²) in [7, 11) is 0. The van der Waals surface area contributed by atoms with Crippen LogP contribution in [0.25, 0.3) is 0 Å². The minimum atomic E-state index is -0.305. The van der Waals surface area contributed by atoms with Crippen molar-refractivity contribution in [2.24, 2.45) is 5.73 Å². The molecule has 0 saturated heterocycles. The maximum atomic E-state index is 11.1. The van der Waals surface area contributed by atoms with E-state index < -0.39 is 0 Å². The Bertz CT molecular complexity index is 655. The average molecular weight is 310 g/mol. The largest absolute Gasteiger partial charge is 0.489 e. The molecular formula is C19H22N2O2. The van der Waals surface area contributed by atoms with E-state index in [1.165, 1.54) is 5.56 Å². The van der Waals surface area contributed by atoms with E-state index in [-0.39, 0.29) is 11.9 Å². The average Bonchev–Trinajstić information content (AvgIpc) is 3.33. The zero-order valence-electron chi connectivity index (χ0n) is 13.2. The molecule has 4 nitrogen and oxygen atoms in total. The fourth-order valence-corrected chi connectivity index (χ4v) is 2.70. The van der Waals surface area contributed by atoms with E-state index in [4.69, 9.17) is 10.5 Å². The van der Waals surface area contributed by atoms with Crippen LogP contribution in [0.15, 0.2) is 54.6 Å². The third-order valence-corrected chi connectivity index (χ3v) is 4.24. The summed E-state index contributed by atoms with van der Waals surface area (Å²) in [5.41, 5.74) is 7.71. The van der Waals surface area contributed by atoms with Gasteiger partial charge >= 0.3 is 0 Å².